The molecule has 2 nitrogen and oxygen atoms in total. The van der Waals surface area contributed by atoms with Crippen molar-refractivity contribution in [3.05, 3.63) is 35.4 Å². The van der Waals surface area contributed by atoms with Gasteiger partial charge in [-0.15, -0.1) is 0 Å². The van der Waals surface area contributed by atoms with Crippen molar-refractivity contribution in [2.75, 3.05) is 6.61 Å². The summed E-state index contributed by atoms with van der Waals surface area (Å²) in [5.41, 5.74) is 3.15. The van der Waals surface area contributed by atoms with Crippen LogP contribution < -0.4 is 5.32 Å². The van der Waals surface area contributed by atoms with Crippen LogP contribution in [-0.2, 0) is 17.6 Å². The lowest BCUT2D eigenvalue weighted by atomic mass is 9.97. The summed E-state index contributed by atoms with van der Waals surface area (Å²) >= 11 is 0. The molecule has 1 aliphatic heterocycles. The van der Waals surface area contributed by atoms with E-state index in [1.165, 1.54) is 51.4 Å². The summed E-state index contributed by atoms with van der Waals surface area (Å²) in [7, 11) is 0. The molecule has 4 rings (SSSR count). The molecule has 0 radical (unpaired) electrons. The summed E-state index contributed by atoms with van der Waals surface area (Å²) in [6.07, 6.45) is 10.9. The number of fused-ring (bicyclic) bond motifs is 1. The Labute approximate surface area is 128 Å². The zero-order valence-corrected chi connectivity index (χ0v) is 12.9. The van der Waals surface area contributed by atoms with Crippen LogP contribution in [0.1, 0.15) is 49.7 Å². The number of nitrogens with one attached hydrogen (secondary N) is 1. The average Bonchev–Trinajstić information content (AvgIpc) is 3.35. The van der Waals surface area contributed by atoms with Gasteiger partial charge in [0.05, 0.1) is 6.10 Å². The van der Waals surface area contributed by atoms with Gasteiger partial charge in [-0.3, -0.25) is 0 Å². The van der Waals surface area contributed by atoms with E-state index in [0.717, 1.165) is 12.5 Å². The molecule has 2 fully saturated rings. The van der Waals surface area contributed by atoms with Gasteiger partial charge in [0.1, 0.15) is 0 Å². The van der Waals surface area contributed by atoms with E-state index in [0.29, 0.717) is 18.2 Å². The summed E-state index contributed by atoms with van der Waals surface area (Å²) in [5.74, 6) is 0.882. The standard InChI is InChI=1S/C19H27NO/c1-2-4-15-8-10-17(9-7-14(15)3-1)20-18-11-12-21-19(13-18)16-5-6-16/h1-4,16-20H,5-13H2. The molecule has 1 aromatic carbocycles. The first kappa shape index (κ1) is 13.8. The molecule has 2 aliphatic carbocycles. The SMILES string of the molecule is c1ccc2c(c1)CCC(NC1CCOC(C3CC3)C1)CC2. The molecule has 1 saturated heterocycles. The summed E-state index contributed by atoms with van der Waals surface area (Å²) in [5, 5.41) is 3.97. The minimum Gasteiger partial charge on any atom is -0.378 e. The molecule has 0 amide bonds. The Morgan fingerprint density at radius 3 is 2.24 bits per heavy atom. The minimum atomic E-state index is 0.555. The molecule has 114 valence electrons. The highest BCUT2D eigenvalue weighted by Gasteiger charge is 2.36. The van der Waals surface area contributed by atoms with Gasteiger partial charge in [0.2, 0.25) is 0 Å². The maximum absolute atomic E-state index is 5.96. The van der Waals surface area contributed by atoms with Crippen molar-refractivity contribution in [2.24, 2.45) is 5.92 Å². The van der Waals surface area contributed by atoms with Gasteiger partial charge in [0.25, 0.3) is 0 Å². The zero-order valence-electron chi connectivity index (χ0n) is 12.9. The maximum Gasteiger partial charge on any atom is 0.0618 e. The molecule has 1 N–H and O–H groups in total. The number of ether oxygens (including phenoxy) is 1. The Morgan fingerprint density at radius 1 is 0.857 bits per heavy atom. The lowest BCUT2D eigenvalue weighted by Gasteiger charge is -2.33. The van der Waals surface area contributed by atoms with Crippen LogP contribution in [0.25, 0.3) is 0 Å². The Kier molecular flexibility index (Phi) is 4.00. The fourth-order valence-electron chi connectivity index (χ4n) is 4.12. The quantitative estimate of drug-likeness (QED) is 0.859. The van der Waals surface area contributed by atoms with Crippen molar-refractivity contribution < 1.29 is 4.74 Å². The van der Waals surface area contributed by atoms with Crippen LogP contribution in [0.3, 0.4) is 0 Å². The van der Waals surface area contributed by atoms with E-state index in [4.69, 9.17) is 4.74 Å². The first-order valence-corrected chi connectivity index (χ1v) is 8.83. The summed E-state index contributed by atoms with van der Waals surface area (Å²) in [6.45, 7) is 0.964. The molecular formula is C19H27NO. The van der Waals surface area contributed by atoms with Crippen LogP contribution in [-0.4, -0.2) is 24.8 Å². The van der Waals surface area contributed by atoms with Crippen molar-refractivity contribution in [2.45, 2.75) is 69.6 Å². The molecular weight excluding hydrogens is 258 g/mol. The molecule has 1 aromatic rings. The van der Waals surface area contributed by atoms with Gasteiger partial charge in [0, 0.05) is 18.7 Å². The van der Waals surface area contributed by atoms with Crippen LogP contribution in [0.5, 0.6) is 0 Å². The van der Waals surface area contributed by atoms with Crippen LogP contribution in [0.4, 0.5) is 0 Å². The second-order valence-electron chi connectivity index (χ2n) is 7.18. The van der Waals surface area contributed by atoms with E-state index in [1.807, 2.05) is 0 Å². The van der Waals surface area contributed by atoms with E-state index >= 15 is 0 Å². The van der Waals surface area contributed by atoms with Gasteiger partial charge in [-0.1, -0.05) is 24.3 Å². The molecule has 2 unspecified atom stereocenters. The minimum absolute atomic E-state index is 0.555. The van der Waals surface area contributed by atoms with E-state index in [-0.39, 0.29) is 0 Å². The van der Waals surface area contributed by atoms with Gasteiger partial charge >= 0.3 is 0 Å². The van der Waals surface area contributed by atoms with Crippen LogP contribution in [0.2, 0.25) is 0 Å². The fourth-order valence-corrected chi connectivity index (χ4v) is 4.12. The third kappa shape index (κ3) is 3.32. The van der Waals surface area contributed by atoms with Gasteiger partial charge in [-0.05, 0) is 68.4 Å². The second kappa shape index (κ2) is 6.10. The fraction of sp³-hybridized carbons (Fsp3) is 0.684. The summed E-state index contributed by atoms with van der Waals surface area (Å²) in [6, 6.07) is 10.4. The van der Waals surface area contributed by atoms with Crippen LogP contribution in [0.15, 0.2) is 24.3 Å². The molecule has 21 heavy (non-hydrogen) atoms. The van der Waals surface area contributed by atoms with Crippen molar-refractivity contribution in [3.63, 3.8) is 0 Å². The monoisotopic (exact) mass is 285 g/mol. The first-order chi connectivity index (χ1) is 10.4. The van der Waals surface area contributed by atoms with Crippen LogP contribution in [0, 0.1) is 5.92 Å². The van der Waals surface area contributed by atoms with E-state index < -0.39 is 0 Å². The topological polar surface area (TPSA) is 21.3 Å². The highest BCUT2D eigenvalue weighted by molar-refractivity contribution is 5.28. The number of benzene rings is 1. The van der Waals surface area contributed by atoms with Crippen molar-refractivity contribution >= 4 is 0 Å². The van der Waals surface area contributed by atoms with E-state index in [2.05, 4.69) is 29.6 Å². The van der Waals surface area contributed by atoms with Gasteiger partial charge < -0.3 is 10.1 Å². The highest BCUT2D eigenvalue weighted by Crippen LogP contribution is 2.38. The molecule has 0 bridgehead atoms. The Hall–Kier alpha value is -0.860. The van der Waals surface area contributed by atoms with E-state index in [1.54, 1.807) is 11.1 Å². The van der Waals surface area contributed by atoms with Crippen molar-refractivity contribution in [1.29, 1.82) is 0 Å². The summed E-state index contributed by atoms with van der Waals surface area (Å²) < 4.78 is 5.96. The van der Waals surface area contributed by atoms with Crippen LogP contribution >= 0.6 is 0 Å². The predicted octanol–water partition coefficient (Wildman–Crippen LogP) is 3.48. The second-order valence-corrected chi connectivity index (χ2v) is 7.18. The van der Waals surface area contributed by atoms with Gasteiger partial charge in [-0.25, -0.2) is 0 Å². The van der Waals surface area contributed by atoms with Gasteiger partial charge in [0.15, 0.2) is 0 Å². The molecule has 2 atom stereocenters. The maximum atomic E-state index is 5.96. The summed E-state index contributed by atoms with van der Waals surface area (Å²) in [4.78, 5) is 0. The Morgan fingerprint density at radius 2 is 1.57 bits per heavy atom. The molecule has 2 heteroatoms. The Bertz CT molecular complexity index is 455. The first-order valence-electron chi connectivity index (χ1n) is 8.83. The number of rotatable bonds is 3. The molecule has 0 spiro atoms. The molecule has 1 heterocycles. The Balaban J connectivity index is 1.33. The largest absolute Gasteiger partial charge is 0.378 e. The van der Waals surface area contributed by atoms with Crippen molar-refractivity contribution in [1.82, 2.24) is 5.32 Å². The third-order valence-corrected chi connectivity index (χ3v) is 5.58. The highest BCUT2D eigenvalue weighted by atomic mass is 16.5. The lowest BCUT2D eigenvalue weighted by Crippen LogP contribution is -2.44. The third-order valence-electron chi connectivity index (χ3n) is 5.58. The van der Waals surface area contributed by atoms with Crippen molar-refractivity contribution in [3.8, 4) is 0 Å². The smallest absolute Gasteiger partial charge is 0.0618 e. The molecule has 0 aromatic heterocycles. The normalized spacial score (nSPS) is 30.7. The molecule has 1 saturated carbocycles. The number of aryl methyl sites for hydroxylation is 2. The van der Waals surface area contributed by atoms with E-state index in [9.17, 15) is 0 Å². The number of hydrogen-bond donors (Lipinski definition) is 1. The lowest BCUT2D eigenvalue weighted by molar-refractivity contribution is -0.0131. The predicted molar refractivity (Wildman–Crippen MR) is 85.5 cm³/mol. The zero-order chi connectivity index (χ0) is 14.1. The molecule has 3 aliphatic rings. The number of hydrogen-bond acceptors (Lipinski definition) is 2. The van der Waals surface area contributed by atoms with Gasteiger partial charge in [-0.2, -0.15) is 0 Å². The average molecular weight is 285 g/mol.